The summed E-state index contributed by atoms with van der Waals surface area (Å²) in [6.07, 6.45) is 3.42. The average molecular weight is 355 g/mol. The number of hydrogen-bond donors (Lipinski definition) is 1. The quantitative estimate of drug-likeness (QED) is 0.794. The Morgan fingerprint density at radius 3 is 2.54 bits per heavy atom. The number of carbonyl (C=O) groups is 2. The van der Waals surface area contributed by atoms with Crippen molar-refractivity contribution in [3.63, 3.8) is 0 Å². The molecule has 0 radical (unpaired) electrons. The zero-order valence-corrected chi connectivity index (χ0v) is 16.5. The lowest BCUT2D eigenvalue weighted by Gasteiger charge is -2.09. The van der Waals surface area contributed by atoms with E-state index in [9.17, 15) is 9.59 Å². The molecule has 5 heteroatoms. The number of unbranched alkanes of at least 4 members (excludes halogenated alkanes) is 1. The molecule has 1 heterocycles. The molecule has 2 rings (SSSR count). The lowest BCUT2D eigenvalue weighted by Crippen LogP contribution is -2.19. The van der Waals surface area contributed by atoms with Crippen molar-refractivity contribution < 1.29 is 9.59 Å². The van der Waals surface area contributed by atoms with Gasteiger partial charge in [0.25, 0.3) is 0 Å². The molecule has 0 unspecified atom stereocenters. The number of nitrogens with zero attached hydrogens (tertiary/aromatic N) is 2. The average Bonchev–Trinajstić information content (AvgIpc) is 2.88. The van der Waals surface area contributed by atoms with Crippen molar-refractivity contribution in [1.29, 1.82) is 0 Å². The molecule has 0 fully saturated rings. The Kier molecular flexibility index (Phi) is 6.72. The van der Waals surface area contributed by atoms with Gasteiger partial charge in [-0.25, -0.2) is 4.68 Å². The molecule has 2 aromatic rings. The van der Waals surface area contributed by atoms with Crippen LogP contribution in [0.1, 0.15) is 65.5 Å². The molecule has 0 spiro atoms. The molecule has 1 amide bonds. The number of amides is 1. The Bertz CT molecular complexity index is 806. The lowest BCUT2D eigenvalue weighted by atomic mass is 10.1. The second-order valence-corrected chi connectivity index (χ2v) is 6.93. The predicted molar refractivity (Wildman–Crippen MR) is 105 cm³/mol. The second-order valence-electron chi connectivity index (χ2n) is 6.93. The Hall–Kier alpha value is -2.43. The van der Waals surface area contributed by atoms with E-state index >= 15 is 0 Å². The monoisotopic (exact) mass is 355 g/mol. The van der Waals surface area contributed by atoms with Gasteiger partial charge in [-0.1, -0.05) is 25.5 Å². The molecular formula is C21H29N3O2. The fraction of sp³-hybridized carbons (Fsp3) is 0.476. The van der Waals surface area contributed by atoms with E-state index in [0.29, 0.717) is 0 Å². The van der Waals surface area contributed by atoms with Crippen LogP contribution in [-0.4, -0.2) is 21.6 Å². The molecule has 0 aliphatic heterocycles. The highest BCUT2D eigenvalue weighted by atomic mass is 16.2. The summed E-state index contributed by atoms with van der Waals surface area (Å²) in [6, 6.07) is 5.92. The number of aryl methyl sites for hydroxylation is 3. The zero-order chi connectivity index (χ0) is 19.3. The molecule has 140 valence electrons. The summed E-state index contributed by atoms with van der Waals surface area (Å²) >= 11 is 0. The van der Waals surface area contributed by atoms with Crippen LogP contribution in [-0.2, 0) is 11.2 Å². The van der Waals surface area contributed by atoms with Gasteiger partial charge in [0.1, 0.15) is 0 Å². The number of hydrogen-bond acceptors (Lipinski definition) is 3. The molecule has 0 saturated carbocycles. The Morgan fingerprint density at radius 1 is 1.12 bits per heavy atom. The van der Waals surface area contributed by atoms with Crippen molar-refractivity contribution in [2.24, 2.45) is 0 Å². The molecule has 1 aromatic carbocycles. The van der Waals surface area contributed by atoms with Crippen LogP contribution >= 0.6 is 0 Å². The van der Waals surface area contributed by atoms with Crippen molar-refractivity contribution in [2.75, 3.05) is 5.32 Å². The standard InChI is InChI=1S/C21H29N3O2/c1-6-7-8-18-16(4)23-24(17(18)5)21(26)12-11-20(25)22-19-13-14(2)9-10-15(19)3/h9-10,13H,6-8,11-12H2,1-5H3,(H,22,25). The summed E-state index contributed by atoms with van der Waals surface area (Å²) in [6.45, 7) is 9.95. The first-order valence-electron chi connectivity index (χ1n) is 9.28. The molecule has 0 atom stereocenters. The van der Waals surface area contributed by atoms with E-state index in [2.05, 4.69) is 17.3 Å². The molecule has 0 bridgehead atoms. The summed E-state index contributed by atoms with van der Waals surface area (Å²) in [5.41, 5.74) is 5.86. The van der Waals surface area contributed by atoms with Gasteiger partial charge in [-0.2, -0.15) is 5.10 Å². The molecule has 1 aromatic heterocycles. The van der Waals surface area contributed by atoms with Crippen LogP contribution in [0.15, 0.2) is 18.2 Å². The van der Waals surface area contributed by atoms with E-state index in [-0.39, 0.29) is 24.7 Å². The highest BCUT2D eigenvalue weighted by Crippen LogP contribution is 2.18. The van der Waals surface area contributed by atoms with Gasteiger partial charge in [-0.05, 0) is 63.3 Å². The van der Waals surface area contributed by atoms with Crippen molar-refractivity contribution in [3.8, 4) is 0 Å². The van der Waals surface area contributed by atoms with Crippen LogP contribution in [0, 0.1) is 27.7 Å². The fourth-order valence-electron chi connectivity index (χ4n) is 3.04. The Labute approximate surface area is 155 Å². The van der Waals surface area contributed by atoms with E-state index in [4.69, 9.17) is 0 Å². The Balaban J connectivity index is 1.98. The second kappa shape index (κ2) is 8.79. The van der Waals surface area contributed by atoms with E-state index in [1.807, 2.05) is 45.9 Å². The smallest absolute Gasteiger partial charge is 0.247 e. The van der Waals surface area contributed by atoms with Crippen LogP contribution in [0.2, 0.25) is 0 Å². The van der Waals surface area contributed by atoms with Gasteiger partial charge in [0.15, 0.2) is 0 Å². The summed E-state index contributed by atoms with van der Waals surface area (Å²) < 4.78 is 1.46. The van der Waals surface area contributed by atoms with Gasteiger partial charge in [0.05, 0.1) is 5.69 Å². The van der Waals surface area contributed by atoms with Crippen molar-refractivity contribution in [1.82, 2.24) is 9.78 Å². The molecule has 0 aliphatic rings. The maximum Gasteiger partial charge on any atom is 0.247 e. The number of anilines is 1. The van der Waals surface area contributed by atoms with Gasteiger partial charge < -0.3 is 5.32 Å². The summed E-state index contributed by atoms with van der Waals surface area (Å²) in [4.78, 5) is 24.7. The first-order valence-corrected chi connectivity index (χ1v) is 9.28. The molecule has 5 nitrogen and oxygen atoms in total. The number of carbonyl (C=O) groups excluding carboxylic acids is 2. The Morgan fingerprint density at radius 2 is 1.85 bits per heavy atom. The highest BCUT2D eigenvalue weighted by molar-refractivity contribution is 5.94. The van der Waals surface area contributed by atoms with Gasteiger partial charge >= 0.3 is 0 Å². The minimum absolute atomic E-state index is 0.135. The van der Waals surface area contributed by atoms with Crippen molar-refractivity contribution in [3.05, 3.63) is 46.3 Å². The SMILES string of the molecule is CCCCc1c(C)nn(C(=O)CCC(=O)Nc2cc(C)ccc2C)c1C. The third-order valence-corrected chi connectivity index (χ3v) is 4.69. The first-order chi connectivity index (χ1) is 12.3. The van der Waals surface area contributed by atoms with Crippen LogP contribution in [0.4, 0.5) is 5.69 Å². The molecular weight excluding hydrogens is 326 g/mol. The number of nitrogens with one attached hydrogen (secondary N) is 1. The van der Waals surface area contributed by atoms with Gasteiger partial charge in [0.2, 0.25) is 11.8 Å². The van der Waals surface area contributed by atoms with Crippen LogP contribution in [0.3, 0.4) is 0 Å². The predicted octanol–water partition coefficient (Wildman–Crippen LogP) is 4.52. The van der Waals surface area contributed by atoms with Gasteiger partial charge in [-0.3, -0.25) is 9.59 Å². The lowest BCUT2D eigenvalue weighted by molar-refractivity contribution is -0.116. The number of benzene rings is 1. The van der Waals surface area contributed by atoms with Crippen LogP contribution < -0.4 is 5.32 Å². The van der Waals surface area contributed by atoms with Crippen molar-refractivity contribution >= 4 is 17.5 Å². The topological polar surface area (TPSA) is 64.0 Å². The maximum atomic E-state index is 12.5. The van der Waals surface area contributed by atoms with Gasteiger partial charge in [-0.15, -0.1) is 0 Å². The molecule has 1 N–H and O–H groups in total. The summed E-state index contributed by atoms with van der Waals surface area (Å²) in [5.74, 6) is -0.288. The normalized spacial score (nSPS) is 10.8. The van der Waals surface area contributed by atoms with E-state index < -0.39 is 0 Å². The third-order valence-electron chi connectivity index (χ3n) is 4.69. The zero-order valence-electron chi connectivity index (χ0n) is 16.5. The summed E-state index contributed by atoms with van der Waals surface area (Å²) in [5, 5.41) is 7.28. The number of aromatic nitrogens is 2. The fourth-order valence-corrected chi connectivity index (χ4v) is 3.04. The molecule has 0 saturated heterocycles. The van der Waals surface area contributed by atoms with Gasteiger partial charge in [0, 0.05) is 24.2 Å². The largest absolute Gasteiger partial charge is 0.326 e. The molecule has 26 heavy (non-hydrogen) atoms. The summed E-state index contributed by atoms with van der Waals surface area (Å²) in [7, 11) is 0. The minimum Gasteiger partial charge on any atom is -0.326 e. The number of rotatable bonds is 7. The van der Waals surface area contributed by atoms with E-state index in [1.54, 1.807) is 0 Å². The minimum atomic E-state index is -0.153. The maximum absolute atomic E-state index is 12.5. The van der Waals surface area contributed by atoms with E-state index in [0.717, 1.165) is 53.0 Å². The molecule has 0 aliphatic carbocycles. The first kappa shape index (κ1) is 19.9. The van der Waals surface area contributed by atoms with E-state index in [1.165, 1.54) is 4.68 Å². The van der Waals surface area contributed by atoms with Crippen molar-refractivity contribution in [2.45, 2.75) is 66.7 Å². The third kappa shape index (κ3) is 4.81. The van der Waals surface area contributed by atoms with Crippen LogP contribution in [0.25, 0.3) is 0 Å². The highest BCUT2D eigenvalue weighted by Gasteiger charge is 2.17. The van der Waals surface area contributed by atoms with Crippen LogP contribution in [0.5, 0.6) is 0 Å².